The van der Waals surface area contributed by atoms with Crippen LogP contribution in [0.25, 0.3) is 0 Å². The van der Waals surface area contributed by atoms with E-state index in [-0.39, 0.29) is 0 Å². The Balaban J connectivity index is 5.54. The molecule has 6 nitrogen and oxygen atoms in total. The van der Waals surface area contributed by atoms with Gasteiger partial charge >= 0.3 is 25.7 Å². The average molecular weight is 455 g/mol. The summed E-state index contributed by atoms with van der Waals surface area (Å²) in [5.74, 6) is 0.492. The van der Waals surface area contributed by atoms with Gasteiger partial charge in [0.1, 0.15) is 0 Å². The van der Waals surface area contributed by atoms with Crippen molar-refractivity contribution in [3.63, 3.8) is 0 Å². The maximum atomic E-state index is 5.81. The van der Waals surface area contributed by atoms with Crippen molar-refractivity contribution in [2.24, 2.45) is 5.92 Å². The van der Waals surface area contributed by atoms with Crippen molar-refractivity contribution in [1.29, 1.82) is 0 Å². The minimum Gasteiger partial charge on any atom is -0.398 e. The van der Waals surface area contributed by atoms with Crippen LogP contribution in [-0.4, -0.2) is 68.3 Å². The minimum absolute atomic E-state index is 0.378. The SMILES string of the molecule is CO[Si](C)(OC)C(C)CC(CC(C)[Si](C)(OC)OC)CC(C)[Si](C)(OC)OC. The van der Waals surface area contributed by atoms with Gasteiger partial charge in [0.25, 0.3) is 0 Å². The smallest absolute Gasteiger partial charge is 0.337 e. The Morgan fingerprint density at radius 2 is 0.643 bits per heavy atom. The molecule has 0 aromatic carbocycles. The molecular weight excluding hydrogens is 408 g/mol. The lowest BCUT2D eigenvalue weighted by Gasteiger charge is -2.38. The van der Waals surface area contributed by atoms with E-state index in [4.69, 9.17) is 26.6 Å². The Morgan fingerprint density at radius 3 is 0.786 bits per heavy atom. The third-order valence-corrected chi connectivity index (χ3v) is 18.1. The van der Waals surface area contributed by atoms with Crippen molar-refractivity contribution in [2.45, 2.75) is 76.3 Å². The molecule has 0 saturated carbocycles. The molecule has 0 saturated heterocycles. The Bertz CT molecular complexity index is 366. The zero-order chi connectivity index (χ0) is 22.2. The maximum absolute atomic E-state index is 5.81. The maximum Gasteiger partial charge on any atom is 0.337 e. The fraction of sp³-hybridized carbons (Fsp3) is 1.00. The fourth-order valence-electron chi connectivity index (χ4n) is 3.89. The van der Waals surface area contributed by atoms with E-state index in [0.717, 1.165) is 19.3 Å². The van der Waals surface area contributed by atoms with Gasteiger partial charge in [-0.1, -0.05) is 20.8 Å². The Kier molecular flexibility index (Phi) is 12.5. The van der Waals surface area contributed by atoms with Crippen molar-refractivity contribution in [3.05, 3.63) is 0 Å². The molecule has 0 heterocycles. The molecule has 0 amide bonds. The summed E-state index contributed by atoms with van der Waals surface area (Å²) in [5.41, 5.74) is 1.13. The number of hydrogen-bond donors (Lipinski definition) is 0. The summed E-state index contributed by atoms with van der Waals surface area (Å²) in [6.45, 7) is 13.2. The van der Waals surface area contributed by atoms with Gasteiger partial charge in [-0.2, -0.15) is 0 Å². The van der Waals surface area contributed by atoms with Crippen LogP contribution >= 0.6 is 0 Å². The molecule has 0 aliphatic rings. The zero-order valence-corrected chi connectivity index (χ0v) is 23.4. The Hall–Kier alpha value is 0.411. The van der Waals surface area contributed by atoms with E-state index >= 15 is 0 Å². The van der Waals surface area contributed by atoms with Crippen molar-refractivity contribution in [2.75, 3.05) is 42.7 Å². The second kappa shape index (κ2) is 12.3. The fourth-order valence-corrected chi connectivity index (χ4v) is 9.09. The predicted molar refractivity (Wildman–Crippen MR) is 123 cm³/mol. The normalized spacial score (nSPS) is 18.0. The summed E-state index contributed by atoms with van der Waals surface area (Å²) in [6, 6.07) is 0. The summed E-state index contributed by atoms with van der Waals surface area (Å²) in [7, 11) is 4.04. The van der Waals surface area contributed by atoms with Gasteiger partial charge in [0.05, 0.1) is 0 Å². The van der Waals surface area contributed by atoms with Crippen molar-refractivity contribution in [3.8, 4) is 0 Å². The van der Waals surface area contributed by atoms with E-state index < -0.39 is 25.7 Å². The van der Waals surface area contributed by atoms with Gasteiger partial charge in [0, 0.05) is 42.7 Å². The van der Waals surface area contributed by atoms with Crippen LogP contribution in [0.2, 0.25) is 36.3 Å². The molecule has 28 heavy (non-hydrogen) atoms. The van der Waals surface area contributed by atoms with Crippen LogP contribution in [0.3, 0.4) is 0 Å². The molecule has 0 radical (unpaired) electrons. The minimum atomic E-state index is -2.19. The van der Waals surface area contributed by atoms with Crippen LogP contribution in [0.4, 0.5) is 0 Å². The summed E-state index contributed by atoms with van der Waals surface area (Å²) >= 11 is 0. The summed E-state index contributed by atoms with van der Waals surface area (Å²) in [4.78, 5) is 0. The van der Waals surface area contributed by atoms with Gasteiger partial charge in [0.15, 0.2) is 0 Å². The topological polar surface area (TPSA) is 55.4 Å². The standard InChI is InChI=1S/C19H46O6Si3/c1-16(26(10,20-4)21-5)13-19(14-17(2)27(11,22-6)23-7)15-18(3)28(12,24-8)25-9/h16-19H,13-15H2,1-12H3. The lowest BCUT2D eigenvalue weighted by atomic mass is 9.93. The molecule has 0 aromatic heterocycles. The van der Waals surface area contributed by atoms with Crippen molar-refractivity contribution in [1.82, 2.24) is 0 Å². The quantitative estimate of drug-likeness (QED) is 0.323. The third-order valence-electron chi connectivity index (χ3n) is 7.18. The lowest BCUT2D eigenvalue weighted by Crippen LogP contribution is -2.44. The van der Waals surface area contributed by atoms with Crippen LogP contribution < -0.4 is 0 Å². The van der Waals surface area contributed by atoms with Gasteiger partial charge in [-0.05, 0) is 61.4 Å². The van der Waals surface area contributed by atoms with E-state index in [1.165, 1.54) is 0 Å². The second-order valence-corrected chi connectivity index (χ2v) is 20.1. The van der Waals surface area contributed by atoms with E-state index in [2.05, 4.69) is 40.4 Å². The molecule has 0 aliphatic heterocycles. The largest absolute Gasteiger partial charge is 0.398 e. The molecule has 0 bridgehead atoms. The van der Waals surface area contributed by atoms with Crippen molar-refractivity contribution < 1.29 is 26.6 Å². The van der Waals surface area contributed by atoms with E-state index in [1.807, 2.05) is 0 Å². The molecule has 0 rings (SSSR count). The van der Waals surface area contributed by atoms with Crippen LogP contribution in [0.5, 0.6) is 0 Å². The molecule has 0 fully saturated rings. The molecule has 0 aliphatic carbocycles. The molecular formula is C19H46O6Si3. The average Bonchev–Trinajstić information content (AvgIpc) is 2.71. The van der Waals surface area contributed by atoms with Crippen LogP contribution in [0, 0.1) is 5.92 Å². The highest BCUT2D eigenvalue weighted by molar-refractivity contribution is 6.68. The lowest BCUT2D eigenvalue weighted by molar-refractivity contribution is 0.210. The zero-order valence-electron chi connectivity index (χ0n) is 20.4. The summed E-state index contributed by atoms with van der Waals surface area (Å²) in [6.07, 6.45) is 3.15. The second-order valence-electron chi connectivity index (χ2n) is 8.55. The van der Waals surface area contributed by atoms with E-state index in [1.54, 1.807) is 42.7 Å². The van der Waals surface area contributed by atoms with Gasteiger partial charge in [-0.3, -0.25) is 0 Å². The van der Waals surface area contributed by atoms with Gasteiger partial charge < -0.3 is 26.6 Å². The van der Waals surface area contributed by atoms with Gasteiger partial charge in [-0.25, -0.2) is 0 Å². The highest BCUT2D eigenvalue weighted by Crippen LogP contribution is 2.41. The number of hydrogen-bond acceptors (Lipinski definition) is 6. The summed E-state index contributed by atoms with van der Waals surface area (Å²) in [5, 5.41) is 0. The van der Waals surface area contributed by atoms with Crippen LogP contribution in [0.15, 0.2) is 0 Å². The van der Waals surface area contributed by atoms with Crippen molar-refractivity contribution >= 4 is 25.7 Å². The first-order valence-corrected chi connectivity index (χ1v) is 17.4. The Labute approximate surface area is 177 Å². The molecule has 170 valence electrons. The molecule has 0 N–H and O–H groups in total. The van der Waals surface area contributed by atoms with E-state index in [0.29, 0.717) is 22.5 Å². The molecule has 3 atom stereocenters. The highest BCUT2D eigenvalue weighted by atomic mass is 28.4. The van der Waals surface area contributed by atoms with Gasteiger partial charge in [-0.15, -0.1) is 0 Å². The molecule has 0 aromatic rings. The number of rotatable bonds is 15. The monoisotopic (exact) mass is 454 g/mol. The molecule has 3 unspecified atom stereocenters. The first-order chi connectivity index (χ1) is 12.9. The van der Waals surface area contributed by atoms with Gasteiger partial charge in [0.2, 0.25) is 0 Å². The highest BCUT2D eigenvalue weighted by Gasteiger charge is 2.43. The van der Waals surface area contributed by atoms with Crippen LogP contribution in [0.1, 0.15) is 40.0 Å². The van der Waals surface area contributed by atoms with E-state index in [9.17, 15) is 0 Å². The first-order valence-electron chi connectivity index (χ1n) is 10.2. The molecule has 0 spiro atoms. The Morgan fingerprint density at radius 1 is 0.464 bits per heavy atom. The first kappa shape index (κ1) is 28.4. The third kappa shape index (κ3) is 7.28. The predicted octanol–water partition coefficient (Wildman–Crippen LogP) is 5.04. The molecule has 9 heteroatoms. The summed E-state index contributed by atoms with van der Waals surface area (Å²) < 4.78 is 34.9. The van der Waals surface area contributed by atoms with Crippen LogP contribution in [-0.2, 0) is 26.6 Å².